The van der Waals surface area contributed by atoms with E-state index >= 15 is 0 Å². The van der Waals surface area contributed by atoms with Gasteiger partial charge >= 0.3 is 0 Å². The van der Waals surface area contributed by atoms with Gasteiger partial charge in [-0.3, -0.25) is 0 Å². The van der Waals surface area contributed by atoms with Crippen molar-refractivity contribution in [2.24, 2.45) is 0 Å². The Morgan fingerprint density at radius 2 is 2.05 bits per heavy atom. The number of hydrogen-bond donors (Lipinski definition) is 1. The molecule has 1 unspecified atom stereocenters. The molecule has 0 radical (unpaired) electrons. The fourth-order valence-electron chi connectivity index (χ4n) is 2.24. The molecule has 0 spiro atoms. The maximum absolute atomic E-state index is 13.0. The number of likely N-dealkylation sites (N-methyl/N-ethyl adjacent to an activating group) is 1. The van der Waals surface area contributed by atoms with E-state index in [4.69, 9.17) is 0 Å². The molecule has 0 aliphatic rings. The van der Waals surface area contributed by atoms with Crippen molar-refractivity contribution < 1.29 is 4.39 Å². The zero-order valence-electron chi connectivity index (χ0n) is 11.4. The van der Waals surface area contributed by atoms with Crippen molar-refractivity contribution in [1.29, 1.82) is 0 Å². The van der Waals surface area contributed by atoms with Crippen molar-refractivity contribution in [1.82, 2.24) is 14.9 Å². The largest absolute Gasteiger partial charge is 0.335 e. The van der Waals surface area contributed by atoms with Crippen LogP contribution >= 0.6 is 0 Å². The Bertz CT molecular complexity index is 504. The number of halogens is 1. The van der Waals surface area contributed by atoms with Crippen molar-refractivity contribution >= 4 is 0 Å². The lowest BCUT2D eigenvalue weighted by Gasteiger charge is -2.17. The number of benzene rings is 1. The van der Waals surface area contributed by atoms with Crippen molar-refractivity contribution in [3.05, 3.63) is 53.9 Å². The number of nitrogens with zero attached hydrogens (tertiary/aromatic N) is 2. The molecule has 0 aliphatic heterocycles. The number of imidazole rings is 1. The number of hydrogen-bond acceptors (Lipinski definition) is 2. The van der Waals surface area contributed by atoms with Gasteiger partial charge in [-0.05, 0) is 31.2 Å². The average molecular weight is 261 g/mol. The Balaban J connectivity index is 2.14. The molecule has 1 heterocycles. The molecule has 4 heteroatoms. The molecule has 0 saturated carbocycles. The SMILES string of the molecule is CCCn1ccnc1CC(NC)c1ccc(F)cc1. The number of aryl methyl sites for hydroxylation is 1. The van der Waals surface area contributed by atoms with Gasteiger partial charge in [0.2, 0.25) is 0 Å². The zero-order chi connectivity index (χ0) is 13.7. The highest BCUT2D eigenvalue weighted by molar-refractivity contribution is 5.21. The van der Waals surface area contributed by atoms with Crippen LogP contribution < -0.4 is 5.32 Å². The van der Waals surface area contributed by atoms with E-state index in [0.29, 0.717) is 0 Å². The highest BCUT2D eigenvalue weighted by Crippen LogP contribution is 2.18. The second-order valence-electron chi connectivity index (χ2n) is 4.63. The van der Waals surface area contributed by atoms with Crippen LogP contribution in [0.4, 0.5) is 4.39 Å². The molecule has 0 saturated heterocycles. The molecule has 2 rings (SSSR count). The van der Waals surface area contributed by atoms with Crippen LogP contribution in [0.1, 0.15) is 30.8 Å². The molecule has 1 atom stereocenters. The lowest BCUT2D eigenvalue weighted by molar-refractivity contribution is 0.541. The summed E-state index contributed by atoms with van der Waals surface area (Å²) in [5.74, 6) is 0.858. The summed E-state index contributed by atoms with van der Waals surface area (Å²) in [6, 6.07) is 6.79. The highest BCUT2D eigenvalue weighted by atomic mass is 19.1. The Hall–Kier alpha value is -1.68. The summed E-state index contributed by atoms with van der Waals surface area (Å²) in [4.78, 5) is 4.41. The second-order valence-corrected chi connectivity index (χ2v) is 4.63. The molecular formula is C15H20FN3. The predicted molar refractivity (Wildman–Crippen MR) is 74.4 cm³/mol. The van der Waals surface area contributed by atoms with Gasteiger partial charge in [0.05, 0.1) is 0 Å². The van der Waals surface area contributed by atoms with Gasteiger partial charge in [0, 0.05) is 31.4 Å². The summed E-state index contributed by atoms with van der Waals surface area (Å²) in [6.07, 6.45) is 5.73. The first-order chi connectivity index (χ1) is 9.24. The molecule has 1 aromatic heterocycles. The summed E-state index contributed by atoms with van der Waals surface area (Å²) in [6.45, 7) is 3.13. The molecule has 19 heavy (non-hydrogen) atoms. The molecular weight excluding hydrogens is 241 g/mol. The van der Waals surface area contributed by atoms with Crippen molar-refractivity contribution in [3.63, 3.8) is 0 Å². The fourth-order valence-corrected chi connectivity index (χ4v) is 2.24. The van der Waals surface area contributed by atoms with E-state index in [0.717, 1.165) is 30.8 Å². The third-order valence-electron chi connectivity index (χ3n) is 3.27. The summed E-state index contributed by atoms with van der Waals surface area (Å²) in [7, 11) is 1.92. The van der Waals surface area contributed by atoms with Gasteiger partial charge < -0.3 is 9.88 Å². The maximum Gasteiger partial charge on any atom is 0.123 e. The van der Waals surface area contributed by atoms with Crippen LogP contribution in [0.5, 0.6) is 0 Å². The summed E-state index contributed by atoms with van der Waals surface area (Å²) < 4.78 is 15.1. The van der Waals surface area contributed by atoms with Gasteiger partial charge in [0.15, 0.2) is 0 Å². The molecule has 1 aromatic carbocycles. The van der Waals surface area contributed by atoms with Crippen molar-refractivity contribution in [2.45, 2.75) is 32.4 Å². The van der Waals surface area contributed by atoms with E-state index < -0.39 is 0 Å². The monoisotopic (exact) mass is 261 g/mol. The first-order valence-electron chi connectivity index (χ1n) is 6.67. The van der Waals surface area contributed by atoms with E-state index in [1.54, 1.807) is 0 Å². The van der Waals surface area contributed by atoms with Gasteiger partial charge in [-0.15, -0.1) is 0 Å². The summed E-state index contributed by atoms with van der Waals surface area (Å²) in [5, 5.41) is 3.27. The lowest BCUT2D eigenvalue weighted by Crippen LogP contribution is -2.20. The first-order valence-corrected chi connectivity index (χ1v) is 6.67. The van der Waals surface area contributed by atoms with Gasteiger partial charge in [-0.1, -0.05) is 19.1 Å². The number of aromatic nitrogens is 2. The average Bonchev–Trinajstić information content (AvgIpc) is 2.85. The van der Waals surface area contributed by atoms with Crippen LogP contribution in [0.2, 0.25) is 0 Å². The minimum Gasteiger partial charge on any atom is -0.335 e. The van der Waals surface area contributed by atoms with Crippen LogP contribution in [-0.4, -0.2) is 16.6 Å². The lowest BCUT2D eigenvalue weighted by atomic mass is 10.0. The summed E-state index contributed by atoms with van der Waals surface area (Å²) in [5.41, 5.74) is 1.08. The second kappa shape index (κ2) is 6.48. The molecule has 0 bridgehead atoms. The van der Waals surface area contributed by atoms with Gasteiger partial charge in [0.1, 0.15) is 11.6 Å². The third-order valence-corrected chi connectivity index (χ3v) is 3.27. The molecule has 1 N–H and O–H groups in total. The fraction of sp³-hybridized carbons (Fsp3) is 0.400. The van der Waals surface area contributed by atoms with Gasteiger partial charge in [0.25, 0.3) is 0 Å². The minimum atomic E-state index is -0.203. The zero-order valence-corrected chi connectivity index (χ0v) is 11.4. The molecule has 102 valence electrons. The molecule has 0 fully saturated rings. The van der Waals surface area contributed by atoms with Crippen LogP contribution in [0.3, 0.4) is 0 Å². The Morgan fingerprint density at radius 3 is 2.68 bits per heavy atom. The number of nitrogens with one attached hydrogen (secondary N) is 1. The van der Waals surface area contributed by atoms with Crippen LogP contribution in [0.15, 0.2) is 36.7 Å². The predicted octanol–water partition coefficient (Wildman–Crippen LogP) is 2.94. The van der Waals surface area contributed by atoms with E-state index in [1.807, 2.05) is 31.6 Å². The molecule has 2 aromatic rings. The molecule has 3 nitrogen and oxygen atoms in total. The quantitative estimate of drug-likeness (QED) is 0.866. The third kappa shape index (κ3) is 3.41. The van der Waals surface area contributed by atoms with Crippen molar-refractivity contribution in [2.75, 3.05) is 7.05 Å². The molecule has 0 amide bonds. The highest BCUT2D eigenvalue weighted by Gasteiger charge is 2.13. The molecule has 0 aliphatic carbocycles. The van der Waals surface area contributed by atoms with Crippen molar-refractivity contribution in [3.8, 4) is 0 Å². The van der Waals surface area contributed by atoms with E-state index in [2.05, 4.69) is 21.8 Å². The van der Waals surface area contributed by atoms with Crippen LogP contribution in [0.25, 0.3) is 0 Å². The number of rotatable bonds is 6. The van der Waals surface area contributed by atoms with Crippen LogP contribution in [-0.2, 0) is 13.0 Å². The Morgan fingerprint density at radius 1 is 1.32 bits per heavy atom. The smallest absolute Gasteiger partial charge is 0.123 e. The van der Waals surface area contributed by atoms with E-state index in [1.165, 1.54) is 12.1 Å². The van der Waals surface area contributed by atoms with Gasteiger partial charge in [-0.25, -0.2) is 9.37 Å². The standard InChI is InChI=1S/C15H20FN3/c1-3-9-19-10-8-18-15(19)11-14(17-2)12-4-6-13(16)7-5-12/h4-8,10,14,17H,3,9,11H2,1-2H3. The van der Waals surface area contributed by atoms with Gasteiger partial charge in [-0.2, -0.15) is 0 Å². The van der Waals surface area contributed by atoms with E-state index in [-0.39, 0.29) is 11.9 Å². The maximum atomic E-state index is 13.0. The Kier molecular flexibility index (Phi) is 4.68. The van der Waals surface area contributed by atoms with Crippen LogP contribution in [0, 0.1) is 5.82 Å². The summed E-state index contributed by atoms with van der Waals surface area (Å²) >= 11 is 0. The minimum absolute atomic E-state index is 0.151. The normalized spacial score (nSPS) is 12.6. The Labute approximate surface area is 113 Å². The first kappa shape index (κ1) is 13.7. The topological polar surface area (TPSA) is 29.9 Å². The van der Waals surface area contributed by atoms with E-state index in [9.17, 15) is 4.39 Å².